The maximum atomic E-state index is 12.9. The molecule has 82 valence electrons. The molecule has 0 fully saturated rings. The molecule has 0 aliphatic rings. The van der Waals surface area contributed by atoms with Crippen molar-refractivity contribution in [3.63, 3.8) is 0 Å². The van der Waals surface area contributed by atoms with Crippen LogP contribution in [-0.2, 0) is 5.88 Å². The summed E-state index contributed by atoms with van der Waals surface area (Å²) in [6.07, 6.45) is 1.12. The predicted octanol–water partition coefficient (Wildman–Crippen LogP) is 3.77. The molecule has 2 aromatic rings. The van der Waals surface area contributed by atoms with E-state index < -0.39 is 5.82 Å². The topological polar surface area (TPSA) is 12.9 Å². The van der Waals surface area contributed by atoms with E-state index in [1.165, 1.54) is 18.2 Å². The standard InChI is InChI=1S/C12H8ClF2N/c13-6-9-5-11(15)7-16-12(9)8-1-3-10(14)4-2-8/h1-5,7H,6H2. The summed E-state index contributed by atoms with van der Waals surface area (Å²) in [5, 5.41) is 0. The second-order valence-corrected chi connectivity index (χ2v) is 3.57. The van der Waals surface area contributed by atoms with Crippen LogP contribution in [0.2, 0.25) is 0 Å². The molecule has 0 amide bonds. The Bertz CT molecular complexity index is 497. The molecule has 0 spiro atoms. The molecule has 4 heteroatoms. The van der Waals surface area contributed by atoms with Crippen LogP contribution in [0, 0.1) is 11.6 Å². The van der Waals surface area contributed by atoms with Gasteiger partial charge in [-0.25, -0.2) is 8.78 Å². The summed E-state index contributed by atoms with van der Waals surface area (Å²) in [5.41, 5.74) is 1.89. The lowest BCUT2D eigenvalue weighted by atomic mass is 10.1. The van der Waals surface area contributed by atoms with Crippen molar-refractivity contribution in [2.45, 2.75) is 5.88 Å². The molecule has 1 nitrogen and oxygen atoms in total. The lowest BCUT2D eigenvalue weighted by Crippen LogP contribution is -1.92. The van der Waals surface area contributed by atoms with E-state index in [9.17, 15) is 8.78 Å². The zero-order valence-electron chi connectivity index (χ0n) is 8.25. The summed E-state index contributed by atoms with van der Waals surface area (Å²) in [6.45, 7) is 0. The maximum Gasteiger partial charge on any atom is 0.141 e. The Morgan fingerprint density at radius 3 is 2.38 bits per heavy atom. The smallest absolute Gasteiger partial charge is 0.141 e. The van der Waals surface area contributed by atoms with E-state index in [1.54, 1.807) is 12.1 Å². The van der Waals surface area contributed by atoms with E-state index in [4.69, 9.17) is 11.6 Å². The van der Waals surface area contributed by atoms with Crippen LogP contribution in [0.15, 0.2) is 36.5 Å². The minimum Gasteiger partial charge on any atom is -0.253 e. The molecule has 16 heavy (non-hydrogen) atoms. The zero-order valence-corrected chi connectivity index (χ0v) is 9.01. The summed E-state index contributed by atoms with van der Waals surface area (Å²) in [7, 11) is 0. The first-order valence-electron chi connectivity index (χ1n) is 4.67. The summed E-state index contributed by atoms with van der Waals surface area (Å²) in [4.78, 5) is 3.97. The number of hydrogen-bond acceptors (Lipinski definition) is 1. The van der Waals surface area contributed by atoms with Gasteiger partial charge in [-0.1, -0.05) is 0 Å². The highest BCUT2D eigenvalue weighted by atomic mass is 35.5. The monoisotopic (exact) mass is 239 g/mol. The molecule has 0 bridgehead atoms. The Morgan fingerprint density at radius 1 is 1.06 bits per heavy atom. The van der Waals surface area contributed by atoms with Crippen molar-refractivity contribution in [1.29, 1.82) is 0 Å². The van der Waals surface area contributed by atoms with Gasteiger partial charge in [-0.3, -0.25) is 4.98 Å². The average molecular weight is 240 g/mol. The Kier molecular flexibility index (Phi) is 3.15. The lowest BCUT2D eigenvalue weighted by Gasteiger charge is -2.06. The van der Waals surface area contributed by atoms with Gasteiger partial charge in [0, 0.05) is 11.4 Å². The van der Waals surface area contributed by atoms with Crippen LogP contribution in [0.1, 0.15) is 5.56 Å². The number of nitrogens with zero attached hydrogens (tertiary/aromatic N) is 1. The number of halogens is 3. The van der Waals surface area contributed by atoms with Crippen molar-refractivity contribution in [3.8, 4) is 11.3 Å². The molecular formula is C12H8ClF2N. The van der Waals surface area contributed by atoms with Gasteiger partial charge in [-0.15, -0.1) is 11.6 Å². The molecule has 0 radical (unpaired) electrons. The quantitative estimate of drug-likeness (QED) is 0.727. The van der Waals surface area contributed by atoms with Gasteiger partial charge in [0.2, 0.25) is 0 Å². The first-order chi connectivity index (χ1) is 7.70. The van der Waals surface area contributed by atoms with Gasteiger partial charge in [-0.2, -0.15) is 0 Å². The van der Waals surface area contributed by atoms with Crippen LogP contribution < -0.4 is 0 Å². The van der Waals surface area contributed by atoms with E-state index in [2.05, 4.69) is 4.98 Å². The van der Waals surface area contributed by atoms with Gasteiger partial charge in [0.1, 0.15) is 11.6 Å². The van der Waals surface area contributed by atoms with Crippen molar-refractivity contribution in [2.24, 2.45) is 0 Å². The largest absolute Gasteiger partial charge is 0.253 e. The van der Waals surface area contributed by atoms with Gasteiger partial charge in [0.05, 0.1) is 11.9 Å². The fraction of sp³-hybridized carbons (Fsp3) is 0.0833. The van der Waals surface area contributed by atoms with E-state index in [0.29, 0.717) is 11.3 Å². The second kappa shape index (κ2) is 4.58. The maximum absolute atomic E-state index is 12.9. The van der Waals surface area contributed by atoms with E-state index in [-0.39, 0.29) is 11.7 Å². The van der Waals surface area contributed by atoms with Crippen LogP contribution in [-0.4, -0.2) is 4.98 Å². The zero-order chi connectivity index (χ0) is 11.5. The van der Waals surface area contributed by atoms with Gasteiger partial charge >= 0.3 is 0 Å². The number of pyridine rings is 1. The van der Waals surface area contributed by atoms with Crippen molar-refractivity contribution < 1.29 is 8.78 Å². The predicted molar refractivity (Wildman–Crippen MR) is 59.1 cm³/mol. The number of alkyl halides is 1. The molecule has 0 unspecified atom stereocenters. The van der Waals surface area contributed by atoms with Crippen LogP contribution in [0.3, 0.4) is 0 Å². The summed E-state index contributed by atoms with van der Waals surface area (Å²) in [6, 6.07) is 7.17. The molecule has 2 rings (SSSR count). The fourth-order valence-corrected chi connectivity index (χ4v) is 1.65. The molecule has 0 aliphatic carbocycles. The van der Waals surface area contributed by atoms with E-state index >= 15 is 0 Å². The van der Waals surface area contributed by atoms with Crippen LogP contribution in [0.4, 0.5) is 8.78 Å². The Hall–Kier alpha value is -1.48. The SMILES string of the molecule is Fc1ccc(-c2ncc(F)cc2CCl)cc1. The van der Waals surface area contributed by atoms with Crippen LogP contribution in [0.25, 0.3) is 11.3 Å². The second-order valence-electron chi connectivity index (χ2n) is 3.30. The van der Waals surface area contributed by atoms with E-state index in [0.717, 1.165) is 11.8 Å². The Balaban J connectivity index is 2.51. The highest BCUT2D eigenvalue weighted by Crippen LogP contribution is 2.23. The normalized spacial score (nSPS) is 10.4. The minimum absolute atomic E-state index is 0.164. The first-order valence-corrected chi connectivity index (χ1v) is 5.20. The summed E-state index contributed by atoms with van der Waals surface area (Å²) < 4.78 is 25.7. The molecular weight excluding hydrogens is 232 g/mol. The molecule has 1 heterocycles. The highest BCUT2D eigenvalue weighted by molar-refractivity contribution is 6.17. The molecule has 1 aromatic heterocycles. The average Bonchev–Trinajstić information content (AvgIpc) is 2.30. The van der Waals surface area contributed by atoms with Gasteiger partial charge in [-0.05, 0) is 35.9 Å². The summed E-state index contributed by atoms with van der Waals surface area (Å²) in [5.74, 6) is -0.586. The minimum atomic E-state index is -0.429. The van der Waals surface area contributed by atoms with Crippen molar-refractivity contribution >= 4 is 11.6 Å². The van der Waals surface area contributed by atoms with Crippen molar-refractivity contribution in [1.82, 2.24) is 4.98 Å². The molecule has 1 aromatic carbocycles. The van der Waals surface area contributed by atoms with Gasteiger partial charge < -0.3 is 0 Å². The van der Waals surface area contributed by atoms with E-state index in [1.807, 2.05) is 0 Å². The molecule has 0 atom stereocenters. The number of hydrogen-bond donors (Lipinski definition) is 0. The van der Waals surface area contributed by atoms with Crippen LogP contribution >= 0.6 is 11.6 Å². The van der Waals surface area contributed by atoms with Crippen molar-refractivity contribution in [2.75, 3.05) is 0 Å². The number of aromatic nitrogens is 1. The first kappa shape index (κ1) is 11.0. The molecule has 0 saturated heterocycles. The third-order valence-electron chi connectivity index (χ3n) is 2.19. The Labute approximate surface area is 96.7 Å². The highest BCUT2D eigenvalue weighted by Gasteiger charge is 2.07. The lowest BCUT2D eigenvalue weighted by molar-refractivity contribution is 0.620. The molecule has 0 N–H and O–H groups in total. The third kappa shape index (κ3) is 2.19. The van der Waals surface area contributed by atoms with Crippen LogP contribution in [0.5, 0.6) is 0 Å². The van der Waals surface area contributed by atoms with Gasteiger partial charge in [0.15, 0.2) is 0 Å². The van der Waals surface area contributed by atoms with Crippen molar-refractivity contribution in [3.05, 3.63) is 53.7 Å². The fourth-order valence-electron chi connectivity index (χ4n) is 1.45. The Morgan fingerprint density at radius 2 is 1.75 bits per heavy atom. The summed E-state index contributed by atoms with van der Waals surface area (Å²) >= 11 is 5.70. The third-order valence-corrected chi connectivity index (χ3v) is 2.48. The molecule has 0 saturated carbocycles. The van der Waals surface area contributed by atoms with Gasteiger partial charge in [0.25, 0.3) is 0 Å². The number of benzene rings is 1. The number of rotatable bonds is 2. The molecule has 0 aliphatic heterocycles.